The van der Waals surface area contributed by atoms with Crippen molar-refractivity contribution in [2.45, 2.75) is 40.3 Å². The molecule has 0 amide bonds. The summed E-state index contributed by atoms with van der Waals surface area (Å²) in [6.07, 6.45) is 7.54. The van der Waals surface area contributed by atoms with Crippen molar-refractivity contribution < 1.29 is 4.74 Å². The number of benzene rings is 1. The Morgan fingerprint density at radius 3 is 2.55 bits per heavy atom. The average molecular weight is 313 g/mol. The van der Waals surface area contributed by atoms with Crippen molar-refractivity contribution in [3.63, 3.8) is 0 Å². The molecule has 1 nitrogen and oxygen atoms in total. The highest BCUT2D eigenvalue weighted by molar-refractivity contribution is 6.96. The van der Waals surface area contributed by atoms with Crippen molar-refractivity contribution in [2.24, 2.45) is 5.41 Å². The summed E-state index contributed by atoms with van der Waals surface area (Å²) in [5.74, 6) is 1.02. The zero-order valence-corrected chi connectivity index (χ0v) is 15.6. The van der Waals surface area contributed by atoms with E-state index in [1.165, 1.54) is 10.8 Å². The molecule has 2 heteroatoms. The van der Waals surface area contributed by atoms with Crippen LogP contribution in [0.15, 0.2) is 59.8 Å². The van der Waals surface area contributed by atoms with Crippen molar-refractivity contribution in [1.82, 2.24) is 0 Å². The molecule has 22 heavy (non-hydrogen) atoms. The van der Waals surface area contributed by atoms with E-state index in [9.17, 15) is 0 Å². The Morgan fingerprint density at radius 2 is 1.91 bits per heavy atom. The lowest BCUT2D eigenvalue weighted by atomic mass is 9.87. The van der Waals surface area contributed by atoms with E-state index in [4.69, 9.17) is 4.74 Å². The van der Waals surface area contributed by atoms with Crippen LogP contribution < -0.4 is 9.92 Å². The highest BCUT2D eigenvalue weighted by atomic mass is 28.3. The van der Waals surface area contributed by atoms with E-state index in [0.29, 0.717) is 6.61 Å². The fraction of sp³-hybridized carbons (Fsp3) is 0.400. The lowest BCUT2D eigenvalue weighted by Gasteiger charge is -2.32. The highest BCUT2D eigenvalue weighted by Gasteiger charge is 2.36. The Bertz CT molecular complexity index is 615. The molecule has 0 aromatic heterocycles. The SMILES string of the molecule is C=CCOc1ccccc1[Si](C)(C)C1=C(C(C)(C)C)C=CC1. The molecule has 0 spiro atoms. The van der Waals surface area contributed by atoms with E-state index >= 15 is 0 Å². The predicted molar refractivity (Wildman–Crippen MR) is 99.5 cm³/mol. The fourth-order valence-corrected chi connectivity index (χ4v) is 6.59. The van der Waals surface area contributed by atoms with Crippen LogP contribution in [0.5, 0.6) is 5.75 Å². The normalized spacial score (nSPS) is 15.3. The second-order valence-corrected chi connectivity index (χ2v) is 11.9. The monoisotopic (exact) mass is 312 g/mol. The van der Waals surface area contributed by atoms with Crippen molar-refractivity contribution in [2.75, 3.05) is 6.61 Å². The first-order chi connectivity index (χ1) is 10.3. The Labute approximate surface area is 136 Å². The minimum Gasteiger partial charge on any atom is -0.490 e. The number of allylic oxidation sites excluding steroid dienone is 4. The fourth-order valence-electron chi connectivity index (χ4n) is 3.22. The molecule has 0 saturated carbocycles. The number of para-hydroxylation sites is 1. The predicted octanol–water partition coefficient (Wildman–Crippen LogP) is 5.01. The number of ether oxygens (including phenoxy) is 1. The topological polar surface area (TPSA) is 9.23 Å². The van der Waals surface area contributed by atoms with Crippen LogP contribution >= 0.6 is 0 Å². The van der Waals surface area contributed by atoms with Crippen molar-refractivity contribution in [3.05, 3.63) is 59.8 Å². The van der Waals surface area contributed by atoms with Gasteiger partial charge in [-0.25, -0.2) is 0 Å². The molecule has 1 aromatic rings. The highest BCUT2D eigenvalue weighted by Crippen LogP contribution is 2.39. The quantitative estimate of drug-likeness (QED) is 0.548. The first-order valence-electron chi connectivity index (χ1n) is 8.02. The molecule has 118 valence electrons. The summed E-state index contributed by atoms with van der Waals surface area (Å²) < 4.78 is 5.93. The molecular weight excluding hydrogens is 284 g/mol. The lowest BCUT2D eigenvalue weighted by Crippen LogP contribution is -2.45. The van der Waals surface area contributed by atoms with Crippen LogP contribution in [-0.4, -0.2) is 14.7 Å². The van der Waals surface area contributed by atoms with Gasteiger partial charge in [0, 0.05) is 0 Å². The largest absolute Gasteiger partial charge is 0.490 e. The molecule has 1 aliphatic carbocycles. The summed E-state index contributed by atoms with van der Waals surface area (Å²) in [6, 6.07) is 8.52. The lowest BCUT2D eigenvalue weighted by molar-refractivity contribution is 0.366. The minimum absolute atomic E-state index is 0.198. The summed E-state index contributed by atoms with van der Waals surface area (Å²) in [5.41, 5.74) is 1.71. The van der Waals surface area contributed by atoms with Gasteiger partial charge in [0.1, 0.15) is 20.4 Å². The standard InChI is InChI=1S/C20H28OSi/c1-7-15-21-17-12-8-9-13-19(17)22(5,6)18-14-10-11-16(18)20(2,3)4/h7-13H,1,14-15H2,2-6H3. The molecule has 0 radical (unpaired) electrons. The van der Waals surface area contributed by atoms with Crippen LogP contribution in [0.1, 0.15) is 27.2 Å². The molecule has 2 rings (SSSR count). The second kappa shape index (κ2) is 6.29. The average Bonchev–Trinajstić information content (AvgIpc) is 2.95. The van der Waals surface area contributed by atoms with Crippen molar-refractivity contribution in [1.29, 1.82) is 0 Å². The van der Waals surface area contributed by atoms with E-state index < -0.39 is 8.07 Å². The van der Waals surface area contributed by atoms with E-state index in [2.05, 4.69) is 76.9 Å². The van der Waals surface area contributed by atoms with E-state index in [1.54, 1.807) is 5.20 Å². The molecule has 0 atom stereocenters. The molecule has 0 fully saturated rings. The first kappa shape index (κ1) is 16.8. The Balaban J connectivity index is 2.49. The number of hydrogen-bond donors (Lipinski definition) is 0. The molecule has 1 aromatic carbocycles. The molecule has 0 aliphatic heterocycles. The van der Waals surface area contributed by atoms with Gasteiger partial charge in [-0.15, -0.1) is 0 Å². The second-order valence-electron chi connectivity index (χ2n) is 7.47. The van der Waals surface area contributed by atoms with Crippen molar-refractivity contribution >= 4 is 13.3 Å². The van der Waals surface area contributed by atoms with E-state index in [1.807, 2.05) is 6.08 Å². The third-order valence-electron chi connectivity index (χ3n) is 4.41. The summed E-state index contributed by atoms with van der Waals surface area (Å²) >= 11 is 0. The Morgan fingerprint density at radius 1 is 1.23 bits per heavy atom. The minimum atomic E-state index is -1.76. The van der Waals surface area contributed by atoms with Crippen LogP contribution in [-0.2, 0) is 0 Å². The van der Waals surface area contributed by atoms with Crippen LogP contribution in [0.2, 0.25) is 13.1 Å². The summed E-state index contributed by atoms with van der Waals surface area (Å²) in [6.45, 7) is 16.1. The van der Waals surface area contributed by atoms with Gasteiger partial charge in [-0.3, -0.25) is 0 Å². The smallest absolute Gasteiger partial charge is 0.119 e. The molecule has 1 aliphatic rings. The maximum absolute atomic E-state index is 5.93. The molecule has 0 bridgehead atoms. The van der Waals surface area contributed by atoms with Gasteiger partial charge in [0.05, 0.1) is 0 Å². The van der Waals surface area contributed by atoms with Gasteiger partial charge in [-0.1, -0.05) is 82.1 Å². The van der Waals surface area contributed by atoms with Gasteiger partial charge in [-0.05, 0) is 28.7 Å². The maximum Gasteiger partial charge on any atom is 0.119 e. The summed E-state index contributed by atoms with van der Waals surface area (Å²) in [4.78, 5) is 0. The van der Waals surface area contributed by atoms with Gasteiger partial charge in [0.15, 0.2) is 0 Å². The summed E-state index contributed by atoms with van der Waals surface area (Å²) in [7, 11) is -1.76. The van der Waals surface area contributed by atoms with Gasteiger partial charge >= 0.3 is 0 Å². The number of hydrogen-bond acceptors (Lipinski definition) is 1. The molecule has 0 heterocycles. The third-order valence-corrected chi connectivity index (χ3v) is 8.15. The zero-order chi connectivity index (χ0) is 16.4. The molecule has 0 N–H and O–H groups in total. The van der Waals surface area contributed by atoms with E-state index in [-0.39, 0.29) is 5.41 Å². The van der Waals surface area contributed by atoms with Gasteiger partial charge < -0.3 is 4.74 Å². The van der Waals surface area contributed by atoms with Gasteiger partial charge in [-0.2, -0.15) is 0 Å². The Hall–Kier alpha value is -1.54. The van der Waals surface area contributed by atoms with Gasteiger partial charge in [0.2, 0.25) is 0 Å². The van der Waals surface area contributed by atoms with Crippen molar-refractivity contribution in [3.8, 4) is 5.75 Å². The summed E-state index contributed by atoms with van der Waals surface area (Å²) in [5, 5.41) is 3.02. The van der Waals surface area contributed by atoms with Crippen LogP contribution in [0, 0.1) is 5.41 Å². The van der Waals surface area contributed by atoms with Crippen LogP contribution in [0.3, 0.4) is 0 Å². The molecule has 0 unspecified atom stereocenters. The van der Waals surface area contributed by atoms with Gasteiger partial charge in [0.25, 0.3) is 0 Å². The van der Waals surface area contributed by atoms with Crippen LogP contribution in [0.4, 0.5) is 0 Å². The van der Waals surface area contributed by atoms with E-state index in [0.717, 1.165) is 12.2 Å². The zero-order valence-electron chi connectivity index (χ0n) is 14.6. The Kier molecular flexibility index (Phi) is 4.81. The molecule has 0 saturated heterocycles. The first-order valence-corrected chi connectivity index (χ1v) is 11.0. The third kappa shape index (κ3) is 3.27. The molecular formula is C20H28OSi. The van der Waals surface area contributed by atoms with Crippen LogP contribution in [0.25, 0.3) is 0 Å². The maximum atomic E-state index is 5.93. The number of rotatable bonds is 5.